The lowest BCUT2D eigenvalue weighted by atomic mass is 9.41. The lowest BCUT2D eigenvalue weighted by Gasteiger charge is -2.65. The Morgan fingerprint density at radius 3 is 1.83 bits per heavy atom. The van der Waals surface area contributed by atoms with Crippen molar-refractivity contribution in [3.8, 4) is 0 Å². The first-order valence-corrected chi connectivity index (χ1v) is 24.1. The van der Waals surface area contributed by atoms with Crippen molar-refractivity contribution >= 4 is 5.97 Å². The molecular formula is C47H76O18. The minimum Gasteiger partial charge on any atom is -0.457 e. The first-order valence-electron chi connectivity index (χ1n) is 24.1. The van der Waals surface area contributed by atoms with Crippen LogP contribution >= 0.6 is 0 Å². The zero-order valence-electron chi connectivity index (χ0n) is 39.2. The lowest BCUT2D eigenvalue weighted by Crippen LogP contribution is -2.65. The van der Waals surface area contributed by atoms with Crippen molar-refractivity contribution < 1.29 is 88.6 Å². The van der Waals surface area contributed by atoms with Crippen LogP contribution in [0.4, 0.5) is 0 Å². The van der Waals surface area contributed by atoms with Gasteiger partial charge in [0.1, 0.15) is 42.7 Å². The molecule has 0 amide bonds. The first kappa shape index (κ1) is 48.8. The summed E-state index contributed by atoms with van der Waals surface area (Å²) in [7, 11) is 0. The number of ether oxygens (including phenoxy) is 8. The van der Waals surface area contributed by atoms with Gasteiger partial charge in [-0.2, -0.15) is 0 Å². The van der Waals surface area contributed by atoms with E-state index in [1.165, 1.54) is 6.92 Å². The van der Waals surface area contributed by atoms with Crippen molar-refractivity contribution in [2.75, 3.05) is 19.8 Å². The van der Waals surface area contributed by atoms with Crippen LogP contribution in [0.25, 0.3) is 0 Å². The number of carbonyl (C=O) groups is 1. The number of esters is 1. The van der Waals surface area contributed by atoms with Crippen LogP contribution in [0.3, 0.4) is 0 Å². The van der Waals surface area contributed by atoms with Crippen LogP contribution in [0.1, 0.15) is 113 Å². The lowest BCUT2D eigenvalue weighted by molar-refractivity contribution is -0.359. The molecule has 372 valence electrons. The maximum atomic E-state index is 12.4. The third kappa shape index (κ3) is 7.44. The van der Waals surface area contributed by atoms with Gasteiger partial charge in [0, 0.05) is 12.8 Å². The smallest absolute Gasteiger partial charge is 0.303 e. The number of carbonyl (C=O) groups excluding carboxylic acids is 1. The SMILES string of the molecule is CC(=O)OC1C(O)COC(O[C@H]2CC[C@]34C[C@]35CC[C@]3(C)C(C6(C)CC[C@@H](C(C)(C)O)O6)[C@@H](O)C[C@@]3(C)C5C[C@H](OC3OCC(O)C(O)C3O)[C@H]4C2(C)C)C1OC1OCC(O)C(O)C1O. The fourth-order valence-corrected chi connectivity index (χ4v) is 16.1. The van der Waals surface area contributed by atoms with E-state index in [9.17, 15) is 50.8 Å². The van der Waals surface area contributed by atoms with Crippen LogP contribution in [0.15, 0.2) is 0 Å². The Kier molecular flexibility index (Phi) is 12.4. The predicted molar refractivity (Wildman–Crippen MR) is 224 cm³/mol. The molecule has 0 aromatic heterocycles. The van der Waals surface area contributed by atoms with E-state index in [2.05, 4.69) is 34.6 Å². The van der Waals surface area contributed by atoms with E-state index in [1.807, 2.05) is 0 Å². The van der Waals surface area contributed by atoms with E-state index in [1.54, 1.807) is 13.8 Å². The Morgan fingerprint density at radius 2 is 1.23 bits per heavy atom. The number of hydrogen-bond donors (Lipinski definition) is 9. The van der Waals surface area contributed by atoms with Crippen LogP contribution in [-0.4, -0.2) is 181 Å². The molecule has 9 aliphatic rings. The molecule has 0 aromatic rings. The molecular weight excluding hydrogens is 852 g/mol. The van der Waals surface area contributed by atoms with E-state index >= 15 is 0 Å². The van der Waals surface area contributed by atoms with Crippen LogP contribution < -0.4 is 0 Å². The fourth-order valence-electron chi connectivity index (χ4n) is 16.1. The third-order valence-corrected chi connectivity index (χ3v) is 19.2. The van der Waals surface area contributed by atoms with Crippen molar-refractivity contribution in [3.05, 3.63) is 0 Å². The van der Waals surface area contributed by atoms with Gasteiger partial charge in [0.2, 0.25) is 0 Å². The molecule has 0 aromatic carbocycles. The summed E-state index contributed by atoms with van der Waals surface area (Å²) in [6.07, 6.45) is -12.5. The minimum absolute atomic E-state index is 0.0791. The van der Waals surface area contributed by atoms with Crippen LogP contribution in [0.5, 0.6) is 0 Å². The van der Waals surface area contributed by atoms with E-state index in [4.69, 9.17) is 37.9 Å². The number of fused-ring (bicyclic) bond motifs is 2. The topological polar surface area (TPSA) is 273 Å². The van der Waals surface area contributed by atoms with Crippen molar-refractivity contribution in [3.63, 3.8) is 0 Å². The summed E-state index contributed by atoms with van der Waals surface area (Å²) in [5, 5.41) is 98.3. The first-order chi connectivity index (χ1) is 30.2. The van der Waals surface area contributed by atoms with Gasteiger partial charge in [0.15, 0.2) is 31.1 Å². The van der Waals surface area contributed by atoms with E-state index in [0.29, 0.717) is 25.7 Å². The molecule has 15 unspecified atom stereocenters. The molecule has 65 heavy (non-hydrogen) atoms. The van der Waals surface area contributed by atoms with E-state index < -0.39 is 115 Å². The highest BCUT2D eigenvalue weighted by atomic mass is 16.8. The standard InChI is InChI=1S/C47H76O18/c1-21(48)61-34-25(52)19-60-40(35(34)64-39-33(56)31(54)24(51)18-59-39)63-28-10-12-47-20-46(47)14-13-43(6)36(45(8)11-9-29(65-45)42(4,5)57)22(49)16-44(43,7)27(46)15-26(37(47)41(28,2)3)62-38-32(55)30(53)23(50)17-58-38/h22-40,49-57H,9-20H2,1-8H3/t22-,23?,24?,25?,26-,27?,28-,29-,30?,31?,32?,33?,34?,35?,36?,37-,38?,39?,40?,43+,44-,45?,46-,47+/m0/s1. The fraction of sp³-hybridized carbons (Fsp3) is 0.979. The summed E-state index contributed by atoms with van der Waals surface area (Å²) >= 11 is 0. The van der Waals surface area contributed by atoms with Gasteiger partial charge in [-0.3, -0.25) is 4.79 Å². The number of hydrogen-bond acceptors (Lipinski definition) is 18. The second kappa shape index (κ2) is 16.5. The molecule has 18 heteroatoms. The van der Waals surface area contributed by atoms with Gasteiger partial charge in [-0.25, -0.2) is 0 Å². The zero-order chi connectivity index (χ0) is 47.2. The molecule has 4 aliphatic heterocycles. The van der Waals surface area contributed by atoms with Crippen molar-refractivity contribution in [2.45, 2.75) is 223 Å². The zero-order valence-corrected chi connectivity index (χ0v) is 39.2. The molecule has 5 aliphatic carbocycles. The Labute approximate surface area is 381 Å². The second-order valence-electron chi connectivity index (χ2n) is 23.6. The van der Waals surface area contributed by atoms with Gasteiger partial charge in [0.25, 0.3) is 0 Å². The van der Waals surface area contributed by atoms with Crippen LogP contribution in [-0.2, 0) is 42.7 Å². The van der Waals surface area contributed by atoms with Crippen LogP contribution in [0.2, 0.25) is 0 Å². The van der Waals surface area contributed by atoms with Gasteiger partial charge < -0.3 is 83.9 Å². The molecule has 9 rings (SSSR count). The maximum Gasteiger partial charge on any atom is 0.303 e. The predicted octanol–water partition coefficient (Wildman–Crippen LogP) is 0.397. The highest BCUT2D eigenvalue weighted by molar-refractivity contribution is 5.66. The minimum atomic E-state index is -1.69. The number of aliphatic hydroxyl groups excluding tert-OH is 8. The Morgan fingerprint density at radius 1 is 0.631 bits per heavy atom. The summed E-state index contributed by atoms with van der Waals surface area (Å²) < 4.78 is 50.1. The Hall–Kier alpha value is -1.17. The van der Waals surface area contributed by atoms with Gasteiger partial charge >= 0.3 is 5.97 Å². The molecule has 2 spiro atoms. The average Bonchev–Trinajstić information content (AvgIpc) is 3.58. The molecule has 4 heterocycles. The summed E-state index contributed by atoms with van der Waals surface area (Å²) in [6, 6.07) is 0. The molecule has 0 radical (unpaired) electrons. The van der Waals surface area contributed by atoms with Crippen molar-refractivity contribution in [1.82, 2.24) is 0 Å². The molecule has 9 fully saturated rings. The molecule has 4 saturated heterocycles. The Bertz CT molecular complexity index is 1780. The highest BCUT2D eigenvalue weighted by Gasteiger charge is 2.85. The van der Waals surface area contributed by atoms with Gasteiger partial charge in [-0.15, -0.1) is 0 Å². The van der Waals surface area contributed by atoms with Gasteiger partial charge in [-0.1, -0.05) is 27.7 Å². The van der Waals surface area contributed by atoms with Gasteiger partial charge in [-0.05, 0) is 117 Å². The summed E-state index contributed by atoms with van der Waals surface area (Å²) in [4.78, 5) is 12.4. The Balaban J connectivity index is 1.04. The van der Waals surface area contributed by atoms with E-state index in [0.717, 1.165) is 32.1 Å². The van der Waals surface area contributed by atoms with E-state index in [-0.39, 0.29) is 65.3 Å². The molecule has 18 nitrogen and oxygen atoms in total. The normalized spacial score (nSPS) is 56.2. The monoisotopic (exact) mass is 929 g/mol. The second-order valence-corrected chi connectivity index (χ2v) is 23.6. The van der Waals surface area contributed by atoms with Crippen molar-refractivity contribution in [2.24, 2.45) is 44.8 Å². The van der Waals surface area contributed by atoms with Gasteiger partial charge in [0.05, 0.1) is 55.4 Å². The summed E-state index contributed by atoms with van der Waals surface area (Å²) in [6.45, 7) is 14.9. The molecule has 9 N–H and O–H groups in total. The highest BCUT2D eigenvalue weighted by Crippen LogP contribution is 2.89. The molecule has 5 saturated carbocycles. The summed E-state index contributed by atoms with van der Waals surface area (Å²) in [5.74, 6) is -1.02. The van der Waals surface area contributed by atoms with Crippen molar-refractivity contribution in [1.29, 1.82) is 0 Å². The summed E-state index contributed by atoms with van der Waals surface area (Å²) in [5.41, 5.74) is -3.47. The van der Waals surface area contributed by atoms with Crippen LogP contribution in [0, 0.1) is 44.8 Å². The molecule has 0 bridgehead atoms. The third-order valence-electron chi connectivity index (χ3n) is 19.2. The number of aliphatic hydroxyl groups is 9. The number of rotatable bonds is 9. The molecule has 24 atom stereocenters. The average molecular weight is 929 g/mol. The maximum absolute atomic E-state index is 12.4. The quantitative estimate of drug-likeness (QED) is 0.112. The largest absolute Gasteiger partial charge is 0.457 e.